The summed E-state index contributed by atoms with van der Waals surface area (Å²) in [6, 6.07) is 0.310. The summed E-state index contributed by atoms with van der Waals surface area (Å²) in [6.45, 7) is 4.01. The molecule has 3 heterocycles. The number of carbonyl (C=O) groups is 2. The summed E-state index contributed by atoms with van der Waals surface area (Å²) in [5.41, 5.74) is 0. The number of fused-ring (bicyclic) bond motifs is 1. The van der Waals surface area contributed by atoms with Crippen molar-refractivity contribution in [1.29, 1.82) is 0 Å². The number of rotatable bonds is 7. The molecule has 0 aromatic carbocycles. The fourth-order valence-corrected chi connectivity index (χ4v) is 4.09. The molecule has 1 N–H and O–H groups in total. The number of carbonyl (C=O) groups excluding carboxylic acids is 2. The number of hydrogen-bond acceptors (Lipinski definition) is 4. The fraction of sp³-hybridized carbons (Fsp3) is 0.722. The largest absolute Gasteiger partial charge is 0.342 e. The van der Waals surface area contributed by atoms with Crippen LogP contribution in [0, 0.1) is 5.92 Å². The number of nitrogens with zero attached hydrogens (tertiary/aromatic N) is 4. The lowest BCUT2D eigenvalue weighted by Gasteiger charge is -2.47. The van der Waals surface area contributed by atoms with Crippen molar-refractivity contribution >= 4 is 11.8 Å². The predicted octanol–water partition coefficient (Wildman–Crippen LogP) is 0.722. The maximum absolute atomic E-state index is 12.5. The Morgan fingerprint density at radius 3 is 3.00 bits per heavy atom. The van der Waals surface area contributed by atoms with Gasteiger partial charge >= 0.3 is 0 Å². The molecule has 0 saturated carbocycles. The van der Waals surface area contributed by atoms with Crippen LogP contribution in [0.3, 0.4) is 0 Å². The number of piperidine rings is 2. The third kappa shape index (κ3) is 4.39. The van der Waals surface area contributed by atoms with Crippen molar-refractivity contribution in [1.82, 2.24) is 24.7 Å². The van der Waals surface area contributed by atoms with E-state index in [0.29, 0.717) is 24.8 Å². The summed E-state index contributed by atoms with van der Waals surface area (Å²) in [4.78, 5) is 32.8. The van der Waals surface area contributed by atoms with Crippen LogP contribution in [-0.4, -0.2) is 70.4 Å². The molecular formula is C18H29N5O2. The van der Waals surface area contributed by atoms with Gasteiger partial charge in [-0.05, 0) is 32.2 Å². The number of likely N-dealkylation sites (tertiary alicyclic amines) is 2. The molecule has 0 spiro atoms. The molecule has 0 aliphatic carbocycles. The van der Waals surface area contributed by atoms with Crippen molar-refractivity contribution in [2.75, 3.05) is 33.2 Å². The summed E-state index contributed by atoms with van der Waals surface area (Å²) >= 11 is 0. The van der Waals surface area contributed by atoms with Crippen LogP contribution in [-0.2, 0) is 16.1 Å². The average molecular weight is 347 g/mol. The zero-order chi connectivity index (χ0) is 17.6. The van der Waals surface area contributed by atoms with Crippen LogP contribution in [0.15, 0.2) is 18.7 Å². The number of aryl methyl sites for hydroxylation is 1. The zero-order valence-electron chi connectivity index (χ0n) is 15.1. The van der Waals surface area contributed by atoms with E-state index in [9.17, 15) is 9.59 Å². The van der Waals surface area contributed by atoms with Crippen molar-refractivity contribution in [3.63, 3.8) is 0 Å². The number of likely N-dealkylation sites (N-methyl/N-ethyl adjacent to an activating group) is 1. The highest BCUT2D eigenvalue weighted by molar-refractivity contribution is 5.78. The molecule has 0 unspecified atom stereocenters. The van der Waals surface area contributed by atoms with Gasteiger partial charge in [0.25, 0.3) is 0 Å². The standard InChI is InChI=1S/C18H29N5O2/c1-19-7-12-23-16-6-10-22(13-15(16)4-5-18(23)25)17(24)3-2-9-21-11-8-20-14-21/h8,11,14-16,19H,2-7,9-10,12-13H2,1H3/t15-,16+/m0/s1. The van der Waals surface area contributed by atoms with Crippen molar-refractivity contribution in [3.8, 4) is 0 Å². The van der Waals surface area contributed by atoms with Gasteiger partial charge in [-0.25, -0.2) is 4.98 Å². The van der Waals surface area contributed by atoms with Gasteiger partial charge in [0.1, 0.15) is 0 Å². The lowest BCUT2D eigenvalue weighted by molar-refractivity contribution is -0.144. The molecule has 25 heavy (non-hydrogen) atoms. The van der Waals surface area contributed by atoms with Gasteiger partial charge in [-0.3, -0.25) is 9.59 Å². The van der Waals surface area contributed by atoms with Crippen LogP contribution in [0.5, 0.6) is 0 Å². The third-order valence-electron chi connectivity index (χ3n) is 5.47. The van der Waals surface area contributed by atoms with Gasteiger partial charge in [-0.2, -0.15) is 0 Å². The summed E-state index contributed by atoms with van der Waals surface area (Å²) in [6.07, 6.45) is 9.34. The van der Waals surface area contributed by atoms with E-state index in [4.69, 9.17) is 0 Å². The van der Waals surface area contributed by atoms with E-state index >= 15 is 0 Å². The van der Waals surface area contributed by atoms with Crippen molar-refractivity contribution in [3.05, 3.63) is 18.7 Å². The molecule has 1 aromatic rings. The summed E-state index contributed by atoms with van der Waals surface area (Å²) in [5, 5.41) is 3.13. The predicted molar refractivity (Wildman–Crippen MR) is 94.8 cm³/mol. The van der Waals surface area contributed by atoms with Gasteiger partial charge in [0.15, 0.2) is 0 Å². The van der Waals surface area contributed by atoms with E-state index in [1.54, 1.807) is 12.5 Å². The van der Waals surface area contributed by atoms with Crippen LogP contribution in [0.25, 0.3) is 0 Å². The molecule has 2 amide bonds. The molecule has 2 atom stereocenters. The third-order valence-corrected chi connectivity index (χ3v) is 5.47. The highest BCUT2D eigenvalue weighted by Crippen LogP contribution is 2.31. The fourth-order valence-electron chi connectivity index (χ4n) is 4.09. The second-order valence-electron chi connectivity index (χ2n) is 7.09. The molecule has 2 fully saturated rings. The monoisotopic (exact) mass is 347 g/mol. The number of aromatic nitrogens is 2. The minimum absolute atomic E-state index is 0.247. The second-order valence-corrected chi connectivity index (χ2v) is 7.09. The molecule has 2 saturated heterocycles. The lowest BCUT2D eigenvalue weighted by atomic mass is 9.83. The highest BCUT2D eigenvalue weighted by atomic mass is 16.2. The Labute approximate surface area is 149 Å². The van der Waals surface area contributed by atoms with E-state index in [1.165, 1.54) is 0 Å². The number of hydrogen-bond donors (Lipinski definition) is 1. The first kappa shape index (κ1) is 17.9. The van der Waals surface area contributed by atoms with Crippen LogP contribution in [0.4, 0.5) is 0 Å². The summed E-state index contributed by atoms with van der Waals surface area (Å²) in [5.74, 6) is 0.953. The average Bonchev–Trinajstić information content (AvgIpc) is 3.14. The molecule has 0 bridgehead atoms. The highest BCUT2D eigenvalue weighted by Gasteiger charge is 2.39. The minimum atomic E-state index is 0.247. The molecule has 1 aromatic heterocycles. The maximum Gasteiger partial charge on any atom is 0.222 e. The van der Waals surface area contributed by atoms with Crippen molar-refractivity contribution in [2.24, 2.45) is 5.92 Å². The van der Waals surface area contributed by atoms with Crippen molar-refractivity contribution in [2.45, 2.75) is 44.7 Å². The Balaban J connectivity index is 1.48. The van der Waals surface area contributed by atoms with Gasteiger partial charge < -0.3 is 19.7 Å². The van der Waals surface area contributed by atoms with E-state index in [1.807, 2.05) is 27.6 Å². The SMILES string of the molecule is CNCCN1C(=O)CC[C@H]2CN(C(=O)CCCn3ccnc3)CC[C@H]21. The smallest absolute Gasteiger partial charge is 0.222 e. The minimum Gasteiger partial charge on any atom is -0.342 e. The van der Waals surface area contributed by atoms with E-state index in [-0.39, 0.29) is 11.8 Å². The van der Waals surface area contributed by atoms with Crippen LogP contribution in [0.2, 0.25) is 0 Å². The first-order chi connectivity index (χ1) is 12.2. The number of amides is 2. The second kappa shape index (κ2) is 8.47. The Morgan fingerprint density at radius 2 is 2.24 bits per heavy atom. The summed E-state index contributed by atoms with van der Waals surface area (Å²) in [7, 11) is 1.91. The molecule has 138 valence electrons. The number of nitrogens with one attached hydrogen (secondary N) is 1. The lowest BCUT2D eigenvalue weighted by Crippen LogP contribution is -2.57. The van der Waals surface area contributed by atoms with Crippen LogP contribution < -0.4 is 5.32 Å². The summed E-state index contributed by atoms with van der Waals surface area (Å²) < 4.78 is 2.01. The molecule has 0 radical (unpaired) electrons. The van der Waals surface area contributed by atoms with Crippen molar-refractivity contribution < 1.29 is 9.59 Å². The Hall–Kier alpha value is -1.89. The number of imidazole rings is 1. The van der Waals surface area contributed by atoms with E-state index in [2.05, 4.69) is 10.3 Å². The molecule has 2 aliphatic heterocycles. The van der Waals surface area contributed by atoms with Gasteiger partial charge in [0, 0.05) is 64.0 Å². The van der Waals surface area contributed by atoms with E-state index in [0.717, 1.165) is 52.0 Å². The van der Waals surface area contributed by atoms with Crippen LogP contribution in [0.1, 0.15) is 32.1 Å². The quantitative estimate of drug-likeness (QED) is 0.789. The van der Waals surface area contributed by atoms with Gasteiger partial charge in [0.05, 0.1) is 6.33 Å². The first-order valence-electron chi connectivity index (χ1n) is 9.36. The molecule has 2 aliphatic rings. The Kier molecular flexibility index (Phi) is 6.07. The first-order valence-corrected chi connectivity index (χ1v) is 9.36. The van der Waals surface area contributed by atoms with Crippen LogP contribution >= 0.6 is 0 Å². The van der Waals surface area contributed by atoms with E-state index < -0.39 is 0 Å². The van der Waals surface area contributed by atoms with Gasteiger partial charge in [0.2, 0.25) is 11.8 Å². The molecule has 3 rings (SSSR count). The normalized spacial score (nSPS) is 23.6. The Morgan fingerprint density at radius 1 is 1.36 bits per heavy atom. The van der Waals surface area contributed by atoms with Gasteiger partial charge in [-0.1, -0.05) is 0 Å². The zero-order valence-corrected chi connectivity index (χ0v) is 15.1. The molecular weight excluding hydrogens is 318 g/mol. The molecule has 7 nitrogen and oxygen atoms in total. The maximum atomic E-state index is 12.5. The van der Waals surface area contributed by atoms with Gasteiger partial charge in [-0.15, -0.1) is 0 Å². The molecule has 7 heteroatoms. The Bertz CT molecular complexity index is 574. The topological polar surface area (TPSA) is 70.5 Å².